The van der Waals surface area contributed by atoms with Crippen LogP contribution in [0.15, 0.2) is 0 Å². The van der Waals surface area contributed by atoms with Crippen LogP contribution in [-0.2, 0) is 4.79 Å². The molecular weight excluding hydrogens is 380 g/mol. The lowest BCUT2D eigenvalue weighted by Crippen LogP contribution is -2.62. The number of aliphatic hydroxyl groups is 3. The van der Waals surface area contributed by atoms with Crippen molar-refractivity contribution in [2.24, 2.45) is 58.2 Å². The number of aliphatic carboxylic acids is 1. The summed E-state index contributed by atoms with van der Waals surface area (Å²) in [5.41, 5.74) is -0.134. The third-order valence-electron chi connectivity index (χ3n) is 11.3. The fourth-order valence-corrected chi connectivity index (χ4v) is 9.44. The van der Waals surface area contributed by atoms with Gasteiger partial charge in [-0.1, -0.05) is 20.8 Å². The van der Waals surface area contributed by atoms with Gasteiger partial charge in [0.05, 0.1) is 24.2 Å². The zero-order valence-corrected chi connectivity index (χ0v) is 18.7. The molecule has 0 heterocycles. The molecule has 0 aromatic rings. The van der Waals surface area contributed by atoms with Crippen LogP contribution in [0.1, 0.15) is 72.1 Å². The Morgan fingerprint density at radius 2 is 1.70 bits per heavy atom. The van der Waals surface area contributed by atoms with Crippen molar-refractivity contribution in [3.63, 3.8) is 0 Å². The molecule has 5 nitrogen and oxygen atoms in total. The largest absolute Gasteiger partial charge is 0.481 e. The Morgan fingerprint density at radius 1 is 0.967 bits per heavy atom. The molecule has 5 aliphatic carbocycles. The molecular formula is C25H40O5. The Balaban J connectivity index is 1.43. The molecule has 13 atom stereocenters. The minimum atomic E-state index is -0.669. The van der Waals surface area contributed by atoms with Crippen LogP contribution in [0.25, 0.3) is 0 Å². The molecule has 4 N–H and O–H groups in total. The monoisotopic (exact) mass is 420 g/mol. The number of fused-ring (bicyclic) bond motifs is 5. The molecule has 0 aromatic heterocycles. The summed E-state index contributed by atoms with van der Waals surface area (Å²) in [6.45, 7) is 6.82. The molecule has 30 heavy (non-hydrogen) atoms. The quantitative estimate of drug-likeness (QED) is 0.562. The number of rotatable bonds is 3. The molecule has 0 bridgehead atoms. The van der Waals surface area contributed by atoms with Gasteiger partial charge >= 0.3 is 5.97 Å². The minimum Gasteiger partial charge on any atom is -0.481 e. The summed E-state index contributed by atoms with van der Waals surface area (Å²) >= 11 is 0. The third kappa shape index (κ3) is 2.80. The van der Waals surface area contributed by atoms with Crippen LogP contribution >= 0.6 is 0 Å². The molecule has 2 unspecified atom stereocenters. The number of hydrogen-bond donors (Lipinski definition) is 4. The topological polar surface area (TPSA) is 98.0 Å². The molecule has 0 saturated heterocycles. The van der Waals surface area contributed by atoms with E-state index < -0.39 is 12.1 Å². The summed E-state index contributed by atoms with van der Waals surface area (Å²) in [6.07, 6.45) is 6.00. The zero-order valence-electron chi connectivity index (χ0n) is 18.7. The lowest BCUT2D eigenvalue weighted by molar-refractivity contribution is -0.207. The summed E-state index contributed by atoms with van der Waals surface area (Å²) in [4.78, 5) is 11.4. The van der Waals surface area contributed by atoms with Gasteiger partial charge in [0.1, 0.15) is 0 Å². The van der Waals surface area contributed by atoms with Gasteiger partial charge in [-0.25, -0.2) is 0 Å². The summed E-state index contributed by atoms with van der Waals surface area (Å²) in [6, 6.07) is 0. The second-order valence-corrected chi connectivity index (χ2v) is 12.2. The maximum absolute atomic E-state index is 11.6. The van der Waals surface area contributed by atoms with E-state index in [2.05, 4.69) is 20.8 Å². The molecule has 0 amide bonds. The smallest absolute Gasteiger partial charge is 0.306 e. The summed E-state index contributed by atoms with van der Waals surface area (Å²) in [5.74, 6) is 1.19. The Kier molecular flexibility index (Phi) is 4.89. The number of carboxylic acids is 1. The van der Waals surface area contributed by atoms with E-state index in [0.717, 1.165) is 51.4 Å². The molecule has 5 fully saturated rings. The summed E-state index contributed by atoms with van der Waals surface area (Å²) < 4.78 is 0. The van der Waals surface area contributed by atoms with Gasteiger partial charge in [-0.05, 0) is 104 Å². The standard InChI is InChI=1S/C25H40O5/c1-12(15-10-16(15)23(29)30)17-4-5-18-22-19(11-21(28)25(17,18)3)24(2)7-6-14(26)8-13(24)9-20(22)27/h12-22,26-28H,4-11H2,1-3H3,(H,29,30)/t12-,13+,14-,15?,16?,17-,18+,19+,20+,21+,22+,24+,25-/m1/s1. The van der Waals surface area contributed by atoms with Crippen molar-refractivity contribution in [1.82, 2.24) is 0 Å². The first kappa shape index (κ1) is 21.2. The van der Waals surface area contributed by atoms with E-state index in [1.165, 1.54) is 0 Å². The second kappa shape index (κ2) is 6.92. The SMILES string of the molecule is C[C@H](C1CC1C(=O)O)[C@H]1CC[C@H]2[C@@H]3[C@@H](O)C[C@@H]4C[C@H](O)CC[C@]4(C)[C@H]3C[C@H](O)[C@]12C. The minimum absolute atomic E-state index is 0.0973. The summed E-state index contributed by atoms with van der Waals surface area (Å²) in [5, 5.41) is 42.5. The Hall–Kier alpha value is -0.650. The van der Waals surface area contributed by atoms with E-state index in [-0.39, 0.29) is 40.8 Å². The van der Waals surface area contributed by atoms with E-state index in [4.69, 9.17) is 0 Å². The van der Waals surface area contributed by atoms with Crippen LogP contribution in [0.3, 0.4) is 0 Å². The van der Waals surface area contributed by atoms with Crippen molar-refractivity contribution in [1.29, 1.82) is 0 Å². The Morgan fingerprint density at radius 3 is 2.37 bits per heavy atom. The maximum Gasteiger partial charge on any atom is 0.306 e. The van der Waals surface area contributed by atoms with Crippen molar-refractivity contribution in [3.8, 4) is 0 Å². The number of aliphatic hydroxyl groups excluding tert-OH is 3. The van der Waals surface area contributed by atoms with Crippen molar-refractivity contribution in [3.05, 3.63) is 0 Å². The van der Waals surface area contributed by atoms with Crippen LogP contribution in [0.4, 0.5) is 0 Å². The van der Waals surface area contributed by atoms with Gasteiger partial charge in [0.15, 0.2) is 0 Å². The fourth-order valence-electron chi connectivity index (χ4n) is 9.44. The van der Waals surface area contributed by atoms with Crippen molar-refractivity contribution in [2.75, 3.05) is 0 Å². The highest BCUT2D eigenvalue weighted by Gasteiger charge is 2.66. The lowest BCUT2D eigenvalue weighted by atomic mass is 9.43. The van der Waals surface area contributed by atoms with Gasteiger partial charge < -0.3 is 20.4 Å². The molecule has 0 radical (unpaired) electrons. The third-order valence-corrected chi connectivity index (χ3v) is 11.3. The van der Waals surface area contributed by atoms with Gasteiger partial charge in [-0.15, -0.1) is 0 Å². The number of hydrogen-bond acceptors (Lipinski definition) is 4. The van der Waals surface area contributed by atoms with E-state index in [0.29, 0.717) is 29.6 Å². The van der Waals surface area contributed by atoms with E-state index in [1.54, 1.807) is 0 Å². The fraction of sp³-hybridized carbons (Fsp3) is 0.960. The van der Waals surface area contributed by atoms with Crippen LogP contribution < -0.4 is 0 Å². The molecule has 5 saturated carbocycles. The number of carboxylic acid groups (broad SMARTS) is 1. The first-order valence-electron chi connectivity index (χ1n) is 12.4. The Bertz CT molecular complexity index is 710. The Labute approximate surface area is 180 Å². The normalized spacial score (nSPS) is 58.3. The lowest BCUT2D eigenvalue weighted by Gasteiger charge is -2.63. The molecule has 5 heteroatoms. The van der Waals surface area contributed by atoms with E-state index in [9.17, 15) is 25.2 Å². The second-order valence-electron chi connectivity index (χ2n) is 12.2. The first-order chi connectivity index (χ1) is 14.1. The molecule has 0 aromatic carbocycles. The molecule has 5 aliphatic rings. The summed E-state index contributed by atoms with van der Waals surface area (Å²) in [7, 11) is 0. The van der Waals surface area contributed by atoms with Crippen LogP contribution in [-0.4, -0.2) is 44.7 Å². The van der Waals surface area contributed by atoms with Gasteiger partial charge in [0.25, 0.3) is 0 Å². The molecule has 170 valence electrons. The van der Waals surface area contributed by atoms with Gasteiger partial charge in [0.2, 0.25) is 0 Å². The predicted octanol–water partition coefficient (Wildman–Crippen LogP) is 3.30. The molecule has 5 rings (SSSR count). The number of carbonyl (C=O) groups is 1. The first-order valence-corrected chi connectivity index (χ1v) is 12.4. The van der Waals surface area contributed by atoms with E-state index in [1.807, 2.05) is 0 Å². The maximum atomic E-state index is 11.6. The van der Waals surface area contributed by atoms with Gasteiger partial charge in [0, 0.05) is 0 Å². The van der Waals surface area contributed by atoms with Crippen LogP contribution in [0.2, 0.25) is 0 Å². The van der Waals surface area contributed by atoms with Crippen molar-refractivity contribution < 1.29 is 25.2 Å². The highest BCUT2D eigenvalue weighted by atomic mass is 16.4. The average Bonchev–Trinajstić information content (AvgIpc) is 3.41. The van der Waals surface area contributed by atoms with Crippen LogP contribution in [0.5, 0.6) is 0 Å². The molecule has 0 aliphatic heterocycles. The average molecular weight is 421 g/mol. The molecule has 0 spiro atoms. The van der Waals surface area contributed by atoms with E-state index >= 15 is 0 Å². The highest BCUT2D eigenvalue weighted by Crippen LogP contribution is 2.69. The predicted molar refractivity (Wildman–Crippen MR) is 112 cm³/mol. The van der Waals surface area contributed by atoms with Crippen molar-refractivity contribution >= 4 is 5.97 Å². The zero-order chi connectivity index (χ0) is 21.6. The van der Waals surface area contributed by atoms with Gasteiger partial charge in [-0.2, -0.15) is 0 Å². The van der Waals surface area contributed by atoms with Crippen molar-refractivity contribution in [2.45, 2.75) is 90.4 Å². The highest BCUT2D eigenvalue weighted by molar-refractivity contribution is 5.73. The van der Waals surface area contributed by atoms with Gasteiger partial charge in [-0.3, -0.25) is 4.79 Å². The van der Waals surface area contributed by atoms with Crippen LogP contribution in [0, 0.1) is 58.2 Å².